The number of aliphatic hydroxyl groups excluding tert-OH is 4. The summed E-state index contributed by atoms with van der Waals surface area (Å²) in [5.41, 5.74) is 10.3. The lowest BCUT2D eigenvalue weighted by atomic mass is 10.0. The first-order valence-corrected chi connectivity index (χ1v) is 42.6. The van der Waals surface area contributed by atoms with Crippen LogP contribution in [0.25, 0.3) is 43.7 Å². The molecule has 16 rings (SSSR count). The van der Waals surface area contributed by atoms with Gasteiger partial charge in [-0.05, 0) is 150 Å². The topological polar surface area (TPSA) is 292 Å². The van der Waals surface area contributed by atoms with Crippen LogP contribution in [0, 0.1) is 0 Å². The number of benzene rings is 10. The van der Waals surface area contributed by atoms with Crippen LogP contribution in [0.1, 0.15) is 87.4 Å². The van der Waals surface area contributed by atoms with Gasteiger partial charge in [0.2, 0.25) is 17.8 Å². The molecule has 2 aliphatic heterocycles. The lowest BCUT2D eigenvalue weighted by molar-refractivity contribution is 0.186. The SMILES string of the molecule is C.C.C.CNC(=O)N1CCC(Nc2nc(NCc3ccccc3Sc3ccccc3CO)nc3ccccc23)CC1.O=c1[nH]c2cc(Cl)ccc2n1C1CCN(c2nc(NCc3ccccc3Sc3ccccc3CO)nc3ccccc23)CC1.OCCSCCNc1nc(NCc2ccccc2Sc2ccccc2CO)nc2ccccc12. The summed E-state index contributed by atoms with van der Waals surface area (Å²) in [5, 5.41) is 61.8. The zero-order valence-corrected chi connectivity index (χ0v) is 68.1. The number of hydrogen-bond acceptors (Lipinski definition) is 22. The van der Waals surface area contributed by atoms with Crippen LogP contribution >= 0.6 is 58.6 Å². The van der Waals surface area contributed by atoms with Gasteiger partial charge in [0, 0.05) is 134 Å². The Balaban J connectivity index is 0.000000174. The minimum atomic E-state index is -0.0991. The first kappa shape index (κ1) is 88.9. The van der Waals surface area contributed by atoms with Crippen molar-refractivity contribution in [2.24, 2.45) is 0 Å². The smallest absolute Gasteiger partial charge is 0.326 e. The van der Waals surface area contributed by atoms with Gasteiger partial charge >= 0.3 is 11.7 Å². The van der Waals surface area contributed by atoms with Crippen molar-refractivity contribution in [2.45, 2.75) is 129 Å². The molecular weight excluding hydrogens is 1590 g/mol. The number of likely N-dealkylation sites (tertiary alicyclic amines) is 1. The first-order valence-electron chi connectivity index (χ1n) is 38.7. The maximum atomic E-state index is 12.9. The molecule has 2 aliphatic rings. The van der Waals surface area contributed by atoms with Gasteiger partial charge in [-0.3, -0.25) is 4.57 Å². The van der Waals surface area contributed by atoms with Crippen molar-refractivity contribution < 1.29 is 25.2 Å². The second-order valence-corrected chi connectivity index (χ2v) is 32.5. The summed E-state index contributed by atoms with van der Waals surface area (Å²) in [5.74, 6) is 5.83. The van der Waals surface area contributed by atoms with Gasteiger partial charge in [-0.2, -0.15) is 26.7 Å². The monoisotopic (exact) mass is 1690 g/mol. The highest BCUT2D eigenvalue weighted by atomic mass is 35.5. The van der Waals surface area contributed by atoms with Gasteiger partial charge < -0.3 is 67.1 Å². The summed E-state index contributed by atoms with van der Waals surface area (Å²) < 4.78 is 1.88. The number of para-hydroxylation sites is 3. The Hall–Kier alpha value is -10.9. The van der Waals surface area contributed by atoms with Crippen LogP contribution in [0.2, 0.25) is 5.02 Å². The number of nitrogens with one attached hydrogen (secondary N) is 7. The average Bonchev–Trinajstić information content (AvgIpc) is 1.72. The molecule has 0 unspecified atom stereocenters. The molecule has 27 heteroatoms. The zero-order valence-electron chi connectivity index (χ0n) is 64.0. The summed E-state index contributed by atoms with van der Waals surface area (Å²) in [7, 11) is 1.67. The van der Waals surface area contributed by atoms with Crippen LogP contribution in [-0.4, -0.2) is 135 Å². The Morgan fingerprint density at radius 2 is 0.866 bits per heavy atom. The van der Waals surface area contributed by atoms with E-state index < -0.39 is 0 Å². The molecule has 0 bridgehead atoms. The van der Waals surface area contributed by atoms with E-state index >= 15 is 0 Å². The average molecular weight is 1690 g/mol. The molecule has 618 valence electrons. The number of anilines is 6. The molecule has 22 nitrogen and oxygen atoms in total. The predicted octanol–water partition coefficient (Wildman–Crippen LogP) is 19.1. The Morgan fingerprint density at radius 3 is 1.33 bits per heavy atom. The van der Waals surface area contributed by atoms with E-state index in [0.29, 0.717) is 55.6 Å². The largest absolute Gasteiger partial charge is 0.396 e. The van der Waals surface area contributed by atoms with Gasteiger partial charge in [0.25, 0.3) is 0 Å². The second kappa shape index (κ2) is 44.2. The third kappa shape index (κ3) is 22.9. The quantitative estimate of drug-likeness (QED) is 0.0203. The molecular formula is C92H103ClN16O6S4. The van der Waals surface area contributed by atoms with Gasteiger partial charge in [-0.15, -0.1) is 0 Å². The van der Waals surface area contributed by atoms with E-state index in [2.05, 4.69) is 84.2 Å². The third-order valence-electron chi connectivity index (χ3n) is 20.0. The van der Waals surface area contributed by atoms with Crippen LogP contribution in [0.4, 0.5) is 40.1 Å². The molecule has 4 aromatic heterocycles. The molecule has 0 saturated carbocycles. The van der Waals surface area contributed by atoms with E-state index in [1.807, 2.05) is 198 Å². The van der Waals surface area contributed by atoms with E-state index in [0.717, 1.165) is 181 Å². The fraction of sp³-hybridized carbons (Fsp3) is 0.261. The number of carbonyl (C=O) groups is 1. The summed E-state index contributed by atoms with van der Waals surface area (Å²) in [6.07, 6.45) is 3.34. The number of nitrogens with zero attached hydrogens (tertiary/aromatic N) is 9. The van der Waals surface area contributed by atoms with E-state index in [1.54, 1.807) is 60.2 Å². The van der Waals surface area contributed by atoms with Crippen LogP contribution in [0.15, 0.2) is 271 Å². The Morgan fingerprint density at radius 1 is 0.462 bits per heavy atom. The molecule has 11 N–H and O–H groups in total. The van der Waals surface area contributed by atoms with E-state index in [1.165, 1.54) is 0 Å². The first-order chi connectivity index (χ1) is 57.0. The van der Waals surface area contributed by atoms with E-state index in [9.17, 15) is 24.9 Å². The summed E-state index contributed by atoms with van der Waals surface area (Å²) in [4.78, 5) is 67.3. The number of piperidine rings is 2. The summed E-state index contributed by atoms with van der Waals surface area (Å²) >= 11 is 12.8. The number of halogens is 1. The minimum absolute atomic E-state index is 0. The highest BCUT2D eigenvalue weighted by Gasteiger charge is 2.28. The van der Waals surface area contributed by atoms with Gasteiger partial charge in [0.15, 0.2) is 0 Å². The zero-order chi connectivity index (χ0) is 80.0. The van der Waals surface area contributed by atoms with Crippen molar-refractivity contribution in [1.29, 1.82) is 0 Å². The highest BCUT2D eigenvalue weighted by Crippen LogP contribution is 2.39. The van der Waals surface area contributed by atoms with Gasteiger partial charge in [-0.25, -0.2) is 24.5 Å². The van der Waals surface area contributed by atoms with Crippen molar-refractivity contribution in [3.8, 4) is 0 Å². The van der Waals surface area contributed by atoms with Crippen molar-refractivity contribution in [2.75, 3.05) is 89.4 Å². The Labute approximate surface area is 717 Å². The molecule has 0 atom stereocenters. The van der Waals surface area contributed by atoms with Crippen LogP contribution in [-0.2, 0) is 39.5 Å². The van der Waals surface area contributed by atoms with Crippen LogP contribution in [0.3, 0.4) is 0 Å². The summed E-state index contributed by atoms with van der Waals surface area (Å²) in [6.45, 7) is 5.62. The molecule has 2 fully saturated rings. The van der Waals surface area contributed by atoms with Crippen molar-refractivity contribution in [3.05, 3.63) is 285 Å². The van der Waals surface area contributed by atoms with Crippen molar-refractivity contribution in [3.63, 3.8) is 0 Å². The maximum absolute atomic E-state index is 12.9. The van der Waals surface area contributed by atoms with Crippen molar-refractivity contribution in [1.82, 2.24) is 49.7 Å². The lowest BCUT2D eigenvalue weighted by Gasteiger charge is -2.34. The highest BCUT2D eigenvalue weighted by molar-refractivity contribution is 8.00. The molecule has 14 aromatic rings. The standard InChI is InChI=1S/C34H31ClN6O2S.C29H32N6O2S.C26H28N4O2S2.3CH4/c35-24-13-14-29-28(19-24)38-34(43)41(29)25-15-17-40(18-16-25)32-26-9-3-4-10-27(26)37-33(39-32)36-20-22-7-1-5-11-30(22)44-31-12-6-2-8-23(31)21-42;1-30-29(37)35-16-14-22(15-17-35)32-27-23-10-4-5-11-24(23)33-28(34-27)31-18-20-8-2-6-12-25(20)38-26-13-7-3-9-21(26)19-36;31-14-16-33-15-13-27-25-21-9-3-4-10-22(21)29-26(30-25)28-17-19-7-1-5-11-23(19)34-24-12-6-2-8-20(24)18-32;;;/h1-14,19,25,42H,15-18,20-21H2,(H,38,43)(H,36,37,39);2-13,22,36H,14-19H2,1H3,(H,30,37)(H2,31,32,33,34);1-12,31-32H,13-18H2,(H2,27,28,29,30);3*1H4. The Kier molecular flexibility index (Phi) is 33.0. The number of fused-ring (bicyclic) bond motifs is 4. The molecule has 0 aliphatic carbocycles. The molecule has 2 amide bonds. The second-order valence-electron chi connectivity index (χ2n) is 27.6. The number of urea groups is 1. The summed E-state index contributed by atoms with van der Waals surface area (Å²) in [6, 6.07) is 78.4. The number of imidazole rings is 1. The number of aromatic amines is 1. The number of thioether (sulfide) groups is 1. The number of aromatic nitrogens is 8. The number of aliphatic hydroxyl groups is 4. The van der Waals surface area contributed by atoms with Crippen LogP contribution < -0.4 is 42.5 Å². The number of amides is 2. The molecule has 0 radical (unpaired) electrons. The fourth-order valence-electron chi connectivity index (χ4n) is 14.1. The van der Waals surface area contributed by atoms with E-state index in [4.69, 9.17) is 46.6 Å². The van der Waals surface area contributed by atoms with E-state index in [-0.39, 0.29) is 72.5 Å². The number of hydrogen-bond donors (Lipinski definition) is 11. The number of carbonyl (C=O) groups excluding carboxylic acids is 1. The number of rotatable bonds is 28. The molecule has 10 aromatic carbocycles. The van der Waals surface area contributed by atoms with Gasteiger partial charge in [0.1, 0.15) is 17.5 Å². The van der Waals surface area contributed by atoms with Gasteiger partial charge in [0.05, 0.1) is 54.0 Å². The fourth-order valence-corrected chi connectivity index (χ4v) is 18.0. The third-order valence-corrected chi connectivity index (χ3v) is 24.9. The molecule has 6 heterocycles. The van der Waals surface area contributed by atoms with Crippen LogP contribution in [0.5, 0.6) is 0 Å². The normalized spacial score (nSPS) is 12.8. The molecule has 119 heavy (non-hydrogen) atoms. The molecule has 2 saturated heterocycles. The van der Waals surface area contributed by atoms with Crippen molar-refractivity contribution >= 4 is 144 Å². The maximum Gasteiger partial charge on any atom is 0.326 e. The van der Waals surface area contributed by atoms with Gasteiger partial charge in [-0.1, -0.05) is 215 Å². The predicted molar refractivity (Wildman–Crippen MR) is 493 cm³/mol. The lowest BCUT2D eigenvalue weighted by Crippen LogP contribution is -2.45. The Bertz CT molecular complexity index is 5730. The number of H-pyrrole nitrogens is 1. The minimum Gasteiger partial charge on any atom is -0.396 e. The molecule has 0 spiro atoms.